The molecule has 1 N–H and O–H groups in total. The zero-order chi connectivity index (χ0) is 13.9. The van der Waals surface area contributed by atoms with Crippen LogP contribution in [-0.4, -0.2) is 36.0 Å². The van der Waals surface area contributed by atoms with Crippen LogP contribution in [0.2, 0.25) is 0 Å². The highest BCUT2D eigenvalue weighted by Gasteiger charge is 2.34. The van der Waals surface area contributed by atoms with Crippen molar-refractivity contribution in [2.45, 2.75) is 44.2 Å². The maximum atomic E-state index is 12.8. The topological polar surface area (TPSA) is 32.3 Å². The largest absolute Gasteiger partial charge is 0.334 e. The molecule has 0 radical (unpaired) electrons. The van der Waals surface area contributed by atoms with Gasteiger partial charge in [-0.3, -0.25) is 4.79 Å². The summed E-state index contributed by atoms with van der Waals surface area (Å²) >= 11 is 3.42. The number of carbonyl (C=O) groups is 1. The molecule has 3 nitrogen and oxygen atoms in total. The van der Waals surface area contributed by atoms with E-state index in [1.54, 1.807) is 0 Å². The van der Waals surface area contributed by atoms with E-state index >= 15 is 0 Å². The summed E-state index contributed by atoms with van der Waals surface area (Å²) in [4.78, 5) is 14.9. The smallest absolute Gasteiger partial charge is 0.254 e. The third kappa shape index (κ3) is 2.91. The molecule has 2 heterocycles. The predicted octanol–water partition coefficient (Wildman–Crippen LogP) is 3.20. The van der Waals surface area contributed by atoms with Crippen molar-refractivity contribution in [3.63, 3.8) is 0 Å². The first-order chi connectivity index (χ1) is 9.75. The monoisotopic (exact) mass is 336 g/mol. The van der Waals surface area contributed by atoms with Gasteiger partial charge in [0.25, 0.3) is 5.91 Å². The normalized spacial score (nSPS) is 26.8. The Kier molecular flexibility index (Phi) is 4.41. The molecule has 0 aliphatic carbocycles. The lowest BCUT2D eigenvalue weighted by Crippen LogP contribution is -2.52. The molecule has 20 heavy (non-hydrogen) atoms. The molecule has 108 valence electrons. The second kappa shape index (κ2) is 6.27. The number of amides is 1. The number of nitrogens with one attached hydrogen (secondary N) is 1. The number of rotatable bonds is 2. The van der Waals surface area contributed by atoms with Gasteiger partial charge in [0.05, 0.1) is 0 Å². The van der Waals surface area contributed by atoms with E-state index in [9.17, 15) is 4.79 Å². The molecule has 2 aliphatic heterocycles. The summed E-state index contributed by atoms with van der Waals surface area (Å²) in [6, 6.07) is 8.59. The van der Waals surface area contributed by atoms with Crippen LogP contribution in [0.5, 0.6) is 0 Å². The van der Waals surface area contributed by atoms with E-state index in [0.717, 1.165) is 36.0 Å². The Labute approximate surface area is 128 Å². The van der Waals surface area contributed by atoms with Gasteiger partial charge < -0.3 is 10.2 Å². The van der Waals surface area contributed by atoms with Crippen molar-refractivity contribution in [2.24, 2.45) is 0 Å². The molecule has 1 aromatic carbocycles. The fourth-order valence-electron chi connectivity index (χ4n) is 3.43. The molecule has 1 amide bonds. The van der Waals surface area contributed by atoms with Crippen LogP contribution in [0.15, 0.2) is 28.7 Å². The van der Waals surface area contributed by atoms with Gasteiger partial charge in [0, 0.05) is 28.7 Å². The summed E-state index contributed by atoms with van der Waals surface area (Å²) in [6.07, 6.45) is 5.95. The first kappa shape index (κ1) is 14.1. The third-order valence-corrected chi connectivity index (χ3v) is 4.99. The molecule has 0 saturated carbocycles. The maximum Gasteiger partial charge on any atom is 0.254 e. The number of benzene rings is 1. The van der Waals surface area contributed by atoms with E-state index < -0.39 is 0 Å². The molecule has 0 bridgehead atoms. The lowest BCUT2D eigenvalue weighted by atomic mass is 9.93. The molecule has 0 aromatic heterocycles. The Morgan fingerprint density at radius 1 is 1.15 bits per heavy atom. The van der Waals surface area contributed by atoms with E-state index in [2.05, 4.69) is 26.1 Å². The van der Waals surface area contributed by atoms with Crippen LogP contribution in [0.25, 0.3) is 0 Å². The minimum absolute atomic E-state index is 0.191. The number of piperidine rings is 1. The molecule has 0 spiro atoms. The molecular weight excluding hydrogens is 316 g/mol. The van der Waals surface area contributed by atoms with Gasteiger partial charge in [0.2, 0.25) is 0 Å². The predicted molar refractivity (Wildman–Crippen MR) is 83.8 cm³/mol. The summed E-state index contributed by atoms with van der Waals surface area (Å²) in [7, 11) is 0. The molecule has 2 unspecified atom stereocenters. The van der Waals surface area contributed by atoms with Crippen molar-refractivity contribution < 1.29 is 4.79 Å². The summed E-state index contributed by atoms with van der Waals surface area (Å²) in [5.74, 6) is 0.191. The fraction of sp³-hybridized carbons (Fsp3) is 0.562. The van der Waals surface area contributed by atoms with Crippen LogP contribution in [-0.2, 0) is 0 Å². The SMILES string of the molecule is O=C(c1ccc(Br)cc1)N1CCCCC1C1CCCN1. The molecule has 1 aromatic rings. The Morgan fingerprint density at radius 2 is 1.95 bits per heavy atom. The van der Waals surface area contributed by atoms with Crippen molar-refractivity contribution in [3.8, 4) is 0 Å². The van der Waals surface area contributed by atoms with Crippen molar-refractivity contribution in [3.05, 3.63) is 34.3 Å². The quantitative estimate of drug-likeness (QED) is 0.899. The van der Waals surface area contributed by atoms with Gasteiger partial charge in [-0.05, 0) is 62.9 Å². The zero-order valence-corrected chi connectivity index (χ0v) is 13.2. The van der Waals surface area contributed by atoms with Gasteiger partial charge in [-0.2, -0.15) is 0 Å². The van der Waals surface area contributed by atoms with Gasteiger partial charge in [-0.1, -0.05) is 15.9 Å². The second-order valence-corrected chi connectivity index (χ2v) is 6.69. The van der Waals surface area contributed by atoms with Gasteiger partial charge in [0.1, 0.15) is 0 Å². The average Bonchev–Trinajstić information content (AvgIpc) is 3.01. The fourth-order valence-corrected chi connectivity index (χ4v) is 3.69. The molecular formula is C16H21BrN2O. The van der Waals surface area contributed by atoms with Crippen LogP contribution < -0.4 is 5.32 Å². The van der Waals surface area contributed by atoms with Crippen molar-refractivity contribution in [1.29, 1.82) is 0 Å². The standard InChI is InChI=1S/C16H21BrN2O/c17-13-8-6-12(7-9-13)16(20)19-11-2-1-5-15(19)14-4-3-10-18-14/h6-9,14-15,18H,1-5,10-11H2. The molecule has 2 fully saturated rings. The van der Waals surface area contributed by atoms with Crippen LogP contribution in [0.1, 0.15) is 42.5 Å². The van der Waals surface area contributed by atoms with Gasteiger partial charge in [0.15, 0.2) is 0 Å². The lowest BCUT2D eigenvalue weighted by Gasteiger charge is -2.39. The van der Waals surface area contributed by atoms with E-state index in [1.807, 2.05) is 24.3 Å². The Hall–Kier alpha value is -0.870. The maximum absolute atomic E-state index is 12.8. The Morgan fingerprint density at radius 3 is 2.65 bits per heavy atom. The van der Waals surface area contributed by atoms with Gasteiger partial charge in [-0.15, -0.1) is 0 Å². The van der Waals surface area contributed by atoms with Crippen LogP contribution in [0.3, 0.4) is 0 Å². The number of carbonyl (C=O) groups excluding carboxylic acids is 1. The summed E-state index contributed by atoms with van der Waals surface area (Å²) < 4.78 is 1.02. The third-order valence-electron chi connectivity index (χ3n) is 4.46. The number of halogens is 1. The van der Waals surface area contributed by atoms with E-state index in [0.29, 0.717) is 12.1 Å². The first-order valence-electron chi connectivity index (χ1n) is 7.55. The molecule has 2 aliphatic rings. The van der Waals surface area contributed by atoms with Crippen LogP contribution >= 0.6 is 15.9 Å². The van der Waals surface area contributed by atoms with Crippen molar-refractivity contribution >= 4 is 21.8 Å². The molecule has 2 atom stereocenters. The molecule has 4 heteroatoms. The van der Waals surface area contributed by atoms with Crippen molar-refractivity contribution in [1.82, 2.24) is 10.2 Å². The van der Waals surface area contributed by atoms with Crippen LogP contribution in [0.4, 0.5) is 0 Å². The van der Waals surface area contributed by atoms with Crippen molar-refractivity contribution in [2.75, 3.05) is 13.1 Å². The second-order valence-electron chi connectivity index (χ2n) is 5.77. The summed E-state index contributed by atoms with van der Waals surface area (Å²) in [5, 5.41) is 3.57. The van der Waals surface area contributed by atoms with Gasteiger partial charge >= 0.3 is 0 Å². The van der Waals surface area contributed by atoms with Crippen LogP contribution in [0, 0.1) is 0 Å². The zero-order valence-electron chi connectivity index (χ0n) is 11.6. The Balaban J connectivity index is 1.78. The number of hydrogen-bond acceptors (Lipinski definition) is 2. The highest BCUT2D eigenvalue weighted by molar-refractivity contribution is 9.10. The minimum Gasteiger partial charge on any atom is -0.334 e. The lowest BCUT2D eigenvalue weighted by molar-refractivity contribution is 0.0563. The number of likely N-dealkylation sites (tertiary alicyclic amines) is 1. The molecule has 3 rings (SSSR count). The highest BCUT2D eigenvalue weighted by atomic mass is 79.9. The van der Waals surface area contributed by atoms with E-state index in [4.69, 9.17) is 0 Å². The Bertz CT molecular complexity index is 468. The number of nitrogens with zero attached hydrogens (tertiary/aromatic N) is 1. The van der Waals surface area contributed by atoms with E-state index in [1.165, 1.54) is 19.3 Å². The molecule has 2 saturated heterocycles. The van der Waals surface area contributed by atoms with Gasteiger partial charge in [-0.25, -0.2) is 0 Å². The highest BCUT2D eigenvalue weighted by Crippen LogP contribution is 2.26. The number of hydrogen-bond donors (Lipinski definition) is 1. The minimum atomic E-state index is 0.191. The van der Waals surface area contributed by atoms with E-state index in [-0.39, 0.29) is 5.91 Å². The summed E-state index contributed by atoms with van der Waals surface area (Å²) in [5.41, 5.74) is 0.804. The summed E-state index contributed by atoms with van der Waals surface area (Å²) in [6.45, 7) is 2.00. The first-order valence-corrected chi connectivity index (χ1v) is 8.35. The average molecular weight is 337 g/mol.